The van der Waals surface area contributed by atoms with E-state index in [1.165, 1.54) is 43.6 Å². The summed E-state index contributed by atoms with van der Waals surface area (Å²) in [5.74, 6) is 1.03. The highest BCUT2D eigenvalue weighted by Gasteiger charge is 2.18. The van der Waals surface area contributed by atoms with Crippen molar-refractivity contribution in [3.63, 3.8) is 0 Å². The van der Waals surface area contributed by atoms with Gasteiger partial charge >= 0.3 is 0 Å². The largest absolute Gasteiger partial charge is 0.491 e. The summed E-state index contributed by atoms with van der Waals surface area (Å²) in [6.45, 7) is 11.8. The van der Waals surface area contributed by atoms with Gasteiger partial charge in [-0.05, 0) is 45.2 Å². The molecule has 0 bridgehead atoms. The summed E-state index contributed by atoms with van der Waals surface area (Å²) in [4.78, 5) is 2.52. The number of benzene rings is 1. The molecule has 1 aliphatic heterocycles. The molecule has 0 saturated carbocycles. The van der Waals surface area contributed by atoms with Crippen LogP contribution < -0.4 is 15.0 Å². The van der Waals surface area contributed by atoms with E-state index in [1.807, 2.05) is 0 Å². The standard InChI is InChI=1S/C18H30N2O/c1-14(2)19-13-16-17(20-11-6-5-7-12-20)9-8-10-18(16)21-15(3)4/h8-10,14-15,19H,5-7,11-13H2,1-4H3. The fourth-order valence-electron chi connectivity index (χ4n) is 2.83. The Hall–Kier alpha value is -1.22. The van der Waals surface area contributed by atoms with Crippen LogP contribution in [0.15, 0.2) is 18.2 Å². The molecule has 1 aromatic carbocycles. The zero-order valence-electron chi connectivity index (χ0n) is 14.0. The van der Waals surface area contributed by atoms with Gasteiger partial charge in [-0.1, -0.05) is 19.9 Å². The van der Waals surface area contributed by atoms with Crippen LogP contribution in [0.3, 0.4) is 0 Å². The fourth-order valence-corrected chi connectivity index (χ4v) is 2.83. The summed E-state index contributed by atoms with van der Waals surface area (Å²) >= 11 is 0. The molecule has 0 aromatic heterocycles. The molecule has 1 N–H and O–H groups in total. The Morgan fingerprint density at radius 3 is 2.43 bits per heavy atom. The second kappa shape index (κ2) is 7.69. The average Bonchev–Trinajstić information content (AvgIpc) is 2.46. The van der Waals surface area contributed by atoms with Gasteiger partial charge in [-0.15, -0.1) is 0 Å². The number of nitrogens with zero attached hydrogens (tertiary/aromatic N) is 1. The molecule has 1 aromatic rings. The maximum Gasteiger partial charge on any atom is 0.126 e. The molecule has 1 aliphatic rings. The van der Waals surface area contributed by atoms with Gasteiger partial charge in [-0.2, -0.15) is 0 Å². The van der Waals surface area contributed by atoms with Crippen LogP contribution in [-0.4, -0.2) is 25.2 Å². The predicted octanol–water partition coefficient (Wildman–Crippen LogP) is 3.96. The van der Waals surface area contributed by atoms with E-state index in [1.54, 1.807) is 0 Å². The molecule has 0 radical (unpaired) electrons. The first-order valence-electron chi connectivity index (χ1n) is 8.35. The van der Waals surface area contributed by atoms with E-state index in [-0.39, 0.29) is 6.10 Å². The molecule has 1 saturated heterocycles. The second-order valence-electron chi connectivity index (χ2n) is 6.50. The van der Waals surface area contributed by atoms with Crippen LogP contribution in [0.2, 0.25) is 0 Å². The van der Waals surface area contributed by atoms with Crippen molar-refractivity contribution < 1.29 is 4.74 Å². The Balaban J connectivity index is 2.27. The third kappa shape index (κ3) is 4.63. The lowest BCUT2D eigenvalue weighted by Crippen LogP contribution is -2.31. The summed E-state index contributed by atoms with van der Waals surface area (Å²) in [5, 5.41) is 3.55. The van der Waals surface area contributed by atoms with E-state index in [0.29, 0.717) is 6.04 Å². The summed E-state index contributed by atoms with van der Waals surface area (Å²) in [5.41, 5.74) is 2.66. The molecule has 0 unspecified atom stereocenters. The zero-order chi connectivity index (χ0) is 15.2. The minimum Gasteiger partial charge on any atom is -0.491 e. The van der Waals surface area contributed by atoms with E-state index in [9.17, 15) is 0 Å². The molecule has 0 spiro atoms. The Bertz CT molecular complexity index is 437. The van der Waals surface area contributed by atoms with Gasteiger partial charge < -0.3 is 15.0 Å². The summed E-state index contributed by atoms with van der Waals surface area (Å²) in [6.07, 6.45) is 4.16. The van der Waals surface area contributed by atoms with Crippen LogP contribution in [-0.2, 0) is 6.54 Å². The minimum absolute atomic E-state index is 0.208. The molecule has 2 rings (SSSR count). The van der Waals surface area contributed by atoms with Gasteiger partial charge in [0.25, 0.3) is 0 Å². The Labute approximate surface area is 129 Å². The number of anilines is 1. The van der Waals surface area contributed by atoms with E-state index in [0.717, 1.165) is 12.3 Å². The van der Waals surface area contributed by atoms with Gasteiger partial charge in [0.15, 0.2) is 0 Å². The van der Waals surface area contributed by atoms with Crippen LogP contribution >= 0.6 is 0 Å². The highest BCUT2D eigenvalue weighted by atomic mass is 16.5. The van der Waals surface area contributed by atoms with Gasteiger partial charge in [-0.25, -0.2) is 0 Å². The molecule has 3 nitrogen and oxygen atoms in total. The van der Waals surface area contributed by atoms with E-state index in [2.05, 4.69) is 56.1 Å². The number of nitrogens with one attached hydrogen (secondary N) is 1. The molecule has 0 atom stereocenters. The minimum atomic E-state index is 0.208. The fraction of sp³-hybridized carbons (Fsp3) is 0.667. The lowest BCUT2D eigenvalue weighted by atomic mass is 10.1. The lowest BCUT2D eigenvalue weighted by Gasteiger charge is -2.32. The molecule has 21 heavy (non-hydrogen) atoms. The molecule has 0 aliphatic carbocycles. The molecule has 1 fully saturated rings. The van der Waals surface area contributed by atoms with Crippen molar-refractivity contribution >= 4 is 5.69 Å². The summed E-state index contributed by atoms with van der Waals surface area (Å²) in [7, 11) is 0. The molecule has 0 amide bonds. The molecule has 118 valence electrons. The van der Waals surface area contributed by atoms with Crippen molar-refractivity contribution in [2.45, 2.75) is 65.6 Å². The smallest absolute Gasteiger partial charge is 0.126 e. The number of piperidine rings is 1. The van der Waals surface area contributed by atoms with Crippen molar-refractivity contribution in [2.24, 2.45) is 0 Å². The zero-order valence-corrected chi connectivity index (χ0v) is 14.0. The highest BCUT2D eigenvalue weighted by Crippen LogP contribution is 2.32. The van der Waals surface area contributed by atoms with Crippen LogP contribution in [0.25, 0.3) is 0 Å². The lowest BCUT2D eigenvalue weighted by molar-refractivity contribution is 0.239. The molecular weight excluding hydrogens is 260 g/mol. The first kappa shape index (κ1) is 16.2. The van der Waals surface area contributed by atoms with Crippen LogP contribution in [0.5, 0.6) is 5.75 Å². The van der Waals surface area contributed by atoms with Gasteiger partial charge in [0.05, 0.1) is 6.10 Å². The van der Waals surface area contributed by atoms with Crippen molar-refractivity contribution in [1.82, 2.24) is 5.32 Å². The summed E-state index contributed by atoms with van der Waals surface area (Å²) in [6, 6.07) is 6.95. The van der Waals surface area contributed by atoms with Gasteiger partial charge in [-0.3, -0.25) is 0 Å². The first-order chi connectivity index (χ1) is 10.1. The van der Waals surface area contributed by atoms with Gasteiger partial charge in [0.2, 0.25) is 0 Å². The monoisotopic (exact) mass is 290 g/mol. The van der Waals surface area contributed by atoms with Gasteiger partial charge in [0, 0.05) is 36.9 Å². The van der Waals surface area contributed by atoms with Crippen LogP contribution in [0.4, 0.5) is 5.69 Å². The Kier molecular flexibility index (Phi) is 5.92. The summed E-state index contributed by atoms with van der Waals surface area (Å²) < 4.78 is 6.04. The normalized spacial score (nSPS) is 15.8. The van der Waals surface area contributed by atoms with E-state index < -0.39 is 0 Å². The van der Waals surface area contributed by atoms with Crippen LogP contribution in [0.1, 0.15) is 52.5 Å². The molecule has 3 heteroatoms. The van der Waals surface area contributed by atoms with E-state index >= 15 is 0 Å². The highest BCUT2D eigenvalue weighted by molar-refractivity contribution is 5.59. The number of hydrogen-bond acceptors (Lipinski definition) is 3. The number of ether oxygens (including phenoxy) is 1. The van der Waals surface area contributed by atoms with Crippen molar-refractivity contribution in [1.29, 1.82) is 0 Å². The SMILES string of the molecule is CC(C)NCc1c(OC(C)C)cccc1N1CCCCC1. The maximum absolute atomic E-state index is 6.04. The first-order valence-corrected chi connectivity index (χ1v) is 8.35. The Morgan fingerprint density at radius 2 is 1.81 bits per heavy atom. The van der Waals surface area contributed by atoms with Crippen LogP contribution in [0, 0.1) is 0 Å². The number of hydrogen-bond donors (Lipinski definition) is 1. The van der Waals surface area contributed by atoms with Crippen molar-refractivity contribution in [3.05, 3.63) is 23.8 Å². The average molecular weight is 290 g/mol. The Morgan fingerprint density at radius 1 is 1.10 bits per heavy atom. The maximum atomic E-state index is 6.04. The number of rotatable bonds is 6. The third-order valence-electron chi connectivity index (χ3n) is 3.85. The quantitative estimate of drug-likeness (QED) is 0.858. The van der Waals surface area contributed by atoms with Gasteiger partial charge in [0.1, 0.15) is 5.75 Å². The van der Waals surface area contributed by atoms with Crippen molar-refractivity contribution in [3.8, 4) is 5.75 Å². The predicted molar refractivity (Wildman–Crippen MR) is 90.2 cm³/mol. The molecule has 1 heterocycles. The third-order valence-corrected chi connectivity index (χ3v) is 3.85. The topological polar surface area (TPSA) is 24.5 Å². The van der Waals surface area contributed by atoms with Crippen molar-refractivity contribution in [2.75, 3.05) is 18.0 Å². The van der Waals surface area contributed by atoms with E-state index in [4.69, 9.17) is 4.74 Å². The molecular formula is C18H30N2O. The second-order valence-corrected chi connectivity index (χ2v) is 6.50.